The first-order valence-electron chi connectivity index (χ1n) is 8.79. The highest BCUT2D eigenvalue weighted by Gasteiger charge is 2.14. The molecule has 2 aromatic carbocycles. The van der Waals surface area contributed by atoms with Gasteiger partial charge >= 0.3 is 0 Å². The van der Waals surface area contributed by atoms with Crippen LogP contribution in [0.1, 0.15) is 10.4 Å². The molecule has 0 unspecified atom stereocenters. The third-order valence-electron chi connectivity index (χ3n) is 3.86. The summed E-state index contributed by atoms with van der Waals surface area (Å²) in [7, 11) is -3.69. The van der Waals surface area contributed by atoms with Gasteiger partial charge in [0.05, 0.1) is 10.5 Å². The van der Waals surface area contributed by atoms with E-state index in [9.17, 15) is 13.2 Å². The van der Waals surface area contributed by atoms with Gasteiger partial charge in [0.15, 0.2) is 0 Å². The molecule has 1 aromatic heterocycles. The number of halogens is 1. The summed E-state index contributed by atoms with van der Waals surface area (Å²) in [4.78, 5) is 16.1. The number of sulfonamides is 1. The van der Waals surface area contributed by atoms with E-state index < -0.39 is 10.0 Å². The molecule has 1 amide bonds. The molecule has 0 saturated carbocycles. The zero-order valence-corrected chi connectivity index (χ0v) is 18.1. The van der Waals surface area contributed by atoms with E-state index in [0.29, 0.717) is 29.4 Å². The lowest BCUT2D eigenvalue weighted by molar-refractivity contribution is 0.0957. The normalized spacial score (nSPS) is 10.8. The van der Waals surface area contributed by atoms with Crippen molar-refractivity contribution in [3.05, 3.63) is 89.6 Å². The summed E-state index contributed by atoms with van der Waals surface area (Å²) in [6, 6.07) is 15.9. The Morgan fingerprint density at radius 3 is 2.37 bits per heavy atom. The summed E-state index contributed by atoms with van der Waals surface area (Å²) in [5.41, 5.74) is 0.800. The van der Waals surface area contributed by atoms with Crippen molar-refractivity contribution < 1.29 is 17.9 Å². The zero-order valence-electron chi connectivity index (χ0n) is 15.7. The van der Waals surface area contributed by atoms with Gasteiger partial charge in [0.2, 0.25) is 5.88 Å². The second-order valence-corrected chi connectivity index (χ2v) is 8.67. The maximum atomic E-state index is 12.4. The van der Waals surface area contributed by atoms with E-state index in [-0.39, 0.29) is 10.8 Å². The number of pyridine rings is 1. The number of ether oxygens (including phenoxy) is 1. The number of benzene rings is 2. The van der Waals surface area contributed by atoms with Gasteiger partial charge in [-0.2, -0.15) is 0 Å². The van der Waals surface area contributed by atoms with Gasteiger partial charge in [-0.3, -0.25) is 9.52 Å². The second kappa shape index (κ2) is 9.55. The maximum Gasteiger partial charge on any atom is 0.261 e. The molecule has 154 valence electrons. The van der Waals surface area contributed by atoms with Crippen LogP contribution in [-0.2, 0) is 10.0 Å². The van der Waals surface area contributed by atoms with E-state index in [0.717, 1.165) is 4.47 Å². The number of rotatable bonds is 8. The van der Waals surface area contributed by atoms with Crippen molar-refractivity contribution in [2.75, 3.05) is 11.3 Å². The molecule has 30 heavy (non-hydrogen) atoms. The van der Waals surface area contributed by atoms with Crippen LogP contribution in [0.3, 0.4) is 0 Å². The Bertz CT molecular complexity index is 1130. The van der Waals surface area contributed by atoms with Crippen LogP contribution in [0.25, 0.3) is 0 Å². The first-order chi connectivity index (χ1) is 14.4. The molecule has 0 aliphatic heterocycles. The number of nitrogens with one attached hydrogen (secondary N) is 2. The predicted molar refractivity (Wildman–Crippen MR) is 118 cm³/mol. The van der Waals surface area contributed by atoms with Gasteiger partial charge in [-0.25, -0.2) is 13.4 Å². The first-order valence-corrected chi connectivity index (χ1v) is 11.1. The number of amides is 1. The third kappa shape index (κ3) is 5.68. The lowest BCUT2D eigenvalue weighted by Gasteiger charge is -2.10. The molecule has 0 spiro atoms. The van der Waals surface area contributed by atoms with Gasteiger partial charge in [-0.1, -0.05) is 22.0 Å². The average Bonchev–Trinajstić information content (AvgIpc) is 2.74. The molecule has 0 saturated heterocycles. The molecule has 9 heteroatoms. The summed E-state index contributed by atoms with van der Waals surface area (Å²) in [6.07, 6.45) is 3.00. The van der Waals surface area contributed by atoms with Crippen LogP contribution >= 0.6 is 15.9 Å². The lowest BCUT2D eigenvalue weighted by atomic mass is 10.2. The minimum atomic E-state index is -3.69. The topological polar surface area (TPSA) is 97.4 Å². The van der Waals surface area contributed by atoms with Gasteiger partial charge in [0.25, 0.3) is 15.9 Å². The van der Waals surface area contributed by atoms with Gasteiger partial charge in [0, 0.05) is 29.0 Å². The van der Waals surface area contributed by atoms with Crippen LogP contribution in [-0.4, -0.2) is 25.9 Å². The van der Waals surface area contributed by atoms with Crippen molar-refractivity contribution in [1.29, 1.82) is 0 Å². The number of carbonyl (C=O) groups excluding carboxylic acids is 1. The minimum Gasteiger partial charge on any atom is -0.439 e. The fourth-order valence-corrected chi connectivity index (χ4v) is 3.70. The third-order valence-corrected chi connectivity index (χ3v) is 5.78. The Kier molecular flexibility index (Phi) is 6.86. The van der Waals surface area contributed by atoms with Crippen LogP contribution in [0, 0.1) is 0 Å². The predicted octanol–water partition coefficient (Wildman–Crippen LogP) is 4.35. The highest BCUT2D eigenvalue weighted by molar-refractivity contribution is 9.10. The summed E-state index contributed by atoms with van der Waals surface area (Å²) < 4.78 is 33.8. The zero-order chi connectivity index (χ0) is 21.6. The Balaban J connectivity index is 1.64. The van der Waals surface area contributed by atoms with Crippen molar-refractivity contribution in [2.24, 2.45) is 0 Å². The maximum absolute atomic E-state index is 12.4. The monoisotopic (exact) mass is 487 g/mol. The summed E-state index contributed by atoms with van der Waals surface area (Å²) in [6.45, 7) is 3.91. The molecule has 3 aromatic rings. The van der Waals surface area contributed by atoms with Crippen molar-refractivity contribution in [3.63, 3.8) is 0 Å². The van der Waals surface area contributed by atoms with E-state index in [1.54, 1.807) is 54.6 Å². The first kappa shape index (κ1) is 21.5. The van der Waals surface area contributed by atoms with Gasteiger partial charge in [0.1, 0.15) is 5.75 Å². The van der Waals surface area contributed by atoms with Crippen LogP contribution in [0.4, 0.5) is 5.69 Å². The van der Waals surface area contributed by atoms with Gasteiger partial charge < -0.3 is 10.1 Å². The Morgan fingerprint density at radius 2 is 1.77 bits per heavy atom. The Labute approximate surface area is 183 Å². The van der Waals surface area contributed by atoms with E-state index >= 15 is 0 Å². The average molecular weight is 488 g/mol. The van der Waals surface area contributed by atoms with Gasteiger partial charge in [-0.15, -0.1) is 6.58 Å². The van der Waals surface area contributed by atoms with Crippen molar-refractivity contribution in [2.45, 2.75) is 4.90 Å². The summed E-state index contributed by atoms with van der Waals surface area (Å²) >= 11 is 3.28. The van der Waals surface area contributed by atoms with Crippen LogP contribution in [0.15, 0.2) is 88.9 Å². The molecule has 0 aliphatic carbocycles. The number of hydrogen-bond donors (Lipinski definition) is 2. The molecular formula is C21H18BrN3O4S. The summed E-state index contributed by atoms with van der Waals surface area (Å²) in [5, 5.41) is 2.66. The Hall–Kier alpha value is -3.17. The lowest BCUT2D eigenvalue weighted by Crippen LogP contribution is -2.23. The molecule has 0 radical (unpaired) electrons. The van der Waals surface area contributed by atoms with E-state index in [1.807, 2.05) is 0 Å². The molecule has 1 heterocycles. The fraction of sp³-hybridized carbons (Fsp3) is 0.0476. The van der Waals surface area contributed by atoms with Crippen LogP contribution in [0.2, 0.25) is 0 Å². The van der Waals surface area contributed by atoms with Crippen LogP contribution in [0.5, 0.6) is 11.6 Å². The second-order valence-electron chi connectivity index (χ2n) is 6.07. The molecule has 0 aliphatic rings. The van der Waals surface area contributed by atoms with Crippen molar-refractivity contribution >= 4 is 37.5 Å². The molecule has 2 N–H and O–H groups in total. The molecule has 3 rings (SSSR count). The largest absolute Gasteiger partial charge is 0.439 e. The molecule has 0 fully saturated rings. The van der Waals surface area contributed by atoms with Crippen molar-refractivity contribution in [3.8, 4) is 11.6 Å². The molecular weight excluding hydrogens is 470 g/mol. The van der Waals surface area contributed by atoms with E-state index in [4.69, 9.17) is 4.74 Å². The molecule has 0 atom stereocenters. The standard InChI is InChI=1S/C21H18BrN3O4S/c1-2-13-23-21(26)15-3-12-20(24-14-15)29-18-8-6-17(7-9-18)25-30(27,28)19-10-4-16(22)5-11-19/h2-12,14,25H,1,13H2,(H,23,26). The number of hydrogen-bond acceptors (Lipinski definition) is 5. The van der Waals surface area contributed by atoms with Crippen molar-refractivity contribution in [1.82, 2.24) is 10.3 Å². The Morgan fingerprint density at radius 1 is 1.07 bits per heavy atom. The molecule has 7 nitrogen and oxygen atoms in total. The van der Waals surface area contributed by atoms with E-state index in [2.05, 4.69) is 37.5 Å². The number of aromatic nitrogens is 1. The fourth-order valence-electron chi connectivity index (χ4n) is 2.38. The highest BCUT2D eigenvalue weighted by atomic mass is 79.9. The van der Waals surface area contributed by atoms with Crippen LogP contribution < -0.4 is 14.8 Å². The quantitative estimate of drug-likeness (QED) is 0.460. The smallest absolute Gasteiger partial charge is 0.261 e. The number of anilines is 1. The number of carbonyl (C=O) groups is 1. The van der Waals surface area contributed by atoms with Gasteiger partial charge in [-0.05, 0) is 54.6 Å². The summed E-state index contributed by atoms with van der Waals surface area (Å²) in [5.74, 6) is 0.521. The SMILES string of the molecule is C=CCNC(=O)c1ccc(Oc2ccc(NS(=O)(=O)c3ccc(Br)cc3)cc2)nc1. The minimum absolute atomic E-state index is 0.160. The molecule has 0 bridgehead atoms. The highest BCUT2D eigenvalue weighted by Crippen LogP contribution is 2.23. The van der Waals surface area contributed by atoms with E-state index in [1.165, 1.54) is 18.3 Å². The number of nitrogens with zero attached hydrogens (tertiary/aromatic N) is 1.